The molecule has 164 valence electrons. The summed E-state index contributed by atoms with van der Waals surface area (Å²) in [6.45, 7) is 8.04. The largest absolute Gasteiger partial charge is 0.489 e. The summed E-state index contributed by atoms with van der Waals surface area (Å²) in [5.41, 5.74) is 3.40. The maximum Gasteiger partial charge on any atom is 0.305 e. The van der Waals surface area contributed by atoms with E-state index >= 15 is 0 Å². The Labute approximate surface area is 186 Å². The van der Waals surface area contributed by atoms with Gasteiger partial charge in [-0.1, -0.05) is 16.8 Å². The van der Waals surface area contributed by atoms with Crippen molar-refractivity contribution in [1.29, 1.82) is 0 Å². The Kier molecular flexibility index (Phi) is 7.63. The number of halogens is 1. The van der Waals surface area contributed by atoms with Gasteiger partial charge in [-0.3, -0.25) is 9.78 Å². The highest BCUT2D eigenvalue weighted by molar-refractivity contribution is 6.32. The third kappa shape index (κ3) is 5.82. The van der Waals surface area contributed by atoms with Crippen LogP contribution in [0.25, 0.3) is 22.8 Å². The van der Waals surface area contributed by atoms with Gasteiger partial charge in [-0.2, -0.15) is 4.98 Å². The summed E-state index contributed by atoms with van der Waals surface area (Å²) < 4.78 is 16.1. The van der Waals surface area contributed by atoms with Gasteiger partial charge >= 0.3 is 5.97 Å². The van der Waals surface area contributed by atoms with Crippen LogP contribution in [-0.2, 0) is 16.0 Å². The Hall–Kier alpha value is -2.93. The zero-order valence-electron chi connectivity index (χ0n) is 18.1. The molecule has 2 aromatic heterocycles. The lowest BCUT2D eigenvalue weighted by Gasteiger charge is -2.11. The molecule has 31 heavy (non-hydrogen) atoms. The van der Waals surface area contributed by atoms with Crippen LogP contribution >= 0.6 is 11.6 Å². The highest BCUT2D eigenvalue weighted by Gasteiger charge is 2.16. The number of hydrogen-bond donors (Lipinski definition) is 0. The second kappa shape index (κ2) is 10.4. The van der Waals surface area contributed by atoms with E-state index in [1.807, 2.05) is 32.9 Å². The van der Waals surface area contributed by atoms with E-state index in [-0.39, 0.29) is 12.1 Å². The number of nitrogens with zero attached hydrogens (tertiary/aromatic N) is 3. The SMILES string of the molecule is CCOC(=O)CCCc1nccc(-c2noc(-c3ccc(OC(C)C)c(Cl)c3)n2)c1C. The van der Waals surface area contributed by atoms with Gasteiger partial charge in [0.2, 0.25) is 5.82 Å². The summed E-state index contributed by atoms with van der Waals surface area (Å²) in [6.07, 6.45) is 3.43. The van der Waals surface area contributed by atoms with Crippen molar-refractivity contribution in [2.75, 3.05) is 6.61 Å². The lowest BCUT2D eigenvalue weighted by molar-refractivity contribution is -0.143. The molecule has 7 nitrogen and oxygen atoms in total. The van der Waals surface area contributed by atoms with Gasteiger partial charge in [-0.15, -0.1) is 0 Å². The molecule has 0 unspecified atom stereocenters. The molecule has 0 radical (unpaired) electrons. The predicted octanol–water partition coefficient (Wildman–Crippen LogP) is 5.43. The molecule has 0 spiro atoms. The zero-order valence-corrected chi connectivity index (χ0v) is 18.9. The van der Waals surface area contributed by atoms with Crippen molar-refractivity contribution in [1.82, 2.24) is 15.1 Å². The van der Waals surface area contributed by atoms with Gasteiger partial charge in [0.15, 0.2) is 0 Å². The van der Waals surface area contributed by atoms with E-state index in [1.165, 1.54) is 0 Å². The number of ether oxygens (including phenoxy) is 2. The molecular formula is C23H26ClN3O4. The van der Waals surface area contributed by atoms with Gasteiger partial charge in [0.05, 0.1) is 17.7 Å². The molecule has 0 aliphatic rings. The third-order valence-electron chi connectivity index (χ3n) is 4.62. The molecule has 0 atom stereocenters. The van der Waals surface area contributed by atoms with Crippen LogP contribution in [0.4, 0.5) is 0 Å². The van der Waals surface area contributed by atoms with Gasteiger partial charge in [0.25, 0.3) is 5.89 Å². The van der Waals surface area contributed by atoms with Crippen LogP contribution in [0.2, 0.25) is 5.02 Å². The molecule has 0 N–H and O–H groups in total. The highest BCUT2D eigenvalue weighted by atomic mass is 35.5. The van der Waals surface area contributed by atoms with Crippen molar-refractivity contribution in [3.8, 4) is 28.6 Å². The van der Waals surface area contributed by atoms with E-state index in [0.717, 1.165) is 16.8 Å². The number of hydrogen-bond acceptors (Lipinski definition) is 7. The number of carbonyl (C=O) groups is 1. The smallest absolute Gasteiger partial charge is 0.305 e. The Balaban J connectivity index is 1.76. The fraction of sp³-hybridized carbons (Fsp3) is 0.391. The highest BCUT2D eigenvalue weighted by Crippen LogP contribution is 2.32. The second-order valence-electron chi connectivity index (χ2n) is 7.32. The Morgan fingerprint density at radius 2 is 2.06 bits per heavy atom. The number of esters is 1. The first-order valence-corrected chi connectivity index (χ1v) is 10.7. The molecular weight excluding hydrogens is 418 g/mol. The van der Waals surface area contributed by atoms with Crippen LogP contribution in [0, 0.1) is 6.92 Å². The molecule has 3 aromatic rings. The summed E-state index contributed by atoms with van der Waals surface area (Å²) in [6, 6.07) is 7.23. The summed E-state index contributed by atoms with van der Waals surface area (Å²) in [7, 11) is 0. The molecule has 0 saturated heterocycles. The first kappa shape index (κ1) is 22.7. The fourth-order valence-electron chi connectivity index (χ4n) is 3.14. The monoisotopic (exact) mass is 443 g/mol. The van der Waals surface area contributed by atoms with E-state index < -0.39 is 0 Å². The maximum atomic E-state index is 11.5. The number of aryl methyl sites for hydroxylation is 1. The molecule has 0 saturated carbocycles. The summed E-state index contributed by atoms with van der Waals surface area (Å²) in [5.74, 6) is 1.26. The quantitative estimate of drug-likeness (QED) is 0.407. The normalized spacial score (nSPS) is 11.0. The van der Waals surface area contributed by atoms with Gasteiger partial charge in [-0.25, -0.2) is 0 Å². The standard InChI is InChI=1S/C23H26ClN3O4/c1-5-29-21(28)8-6-7-19-15(4)17(11-12-25-19)22-26-23(31-27-22)16-9-10-20(18(24)13-16)30-14(2)3/h9-14H,5-8H2,1-4H3. The van der Waals surface area contributed by atoms with Gasteiger partial charge < -0.3 is 14.0 Å². The molecule has 0 aliphatic heterocycles. The number of pyridine rings is 1. The van der Waals surface area contributed by atoms with Crippen molar-refractivity contribution in [3.05, 3.63) is 46.7 Å². The van der Waals surface area contributed by atoms with Gasteiger partial charge in [0, 0.05) is 29.4 Å². The fourth-order valence-corrected chi connectivity index (χ4v) is 3.37. The predicted molar refractivity (Wildman–Crippen MR) is 118 cm³/mol. The van der Waals surface area contributed by atoms with E-state index in [0.29, 0.717) is 53.9 Å². The molecule has 1 aromatic carbocycles. The Morgan fingerprint density at radius 3 is 2.77 bits per heavy atom. The average molecular weight is 444 g/mol. The maximum absolute atomic E-state index is 11.5. The molecule has 8 heteroatoms. The molecule has 0 bridgehead atoms. The minimum absolute atomic E-state index is 0.0273. The molecule has 2 heterocycles. The van der Waals surface area contributed by atoms with E-state index in [9.17, 15) is 4.79 Å². The molecule has 3 rings (SSSR count). The van der Waals surface area contributed by atoms with Crippen molar-refractivity contribution >= 4 is 17.6 Å². The lowest BCUT2D eigenvalue weighted by Crippen LogP contribution is -2.05. The number of aromatic nitrogens is 3. The molecule has 0 aliphatic carbocycles. The van der Waals surface area contributed by atoms with Crippen LogP contribution in [0.1, 0.15) is 44.9 Å². The van der Waals surface area contributed by atoms with E-state index in [1.54, 1.807) is 25.3 Å². The first-order chi connectivity index (χ1) is 14.9. The van der Waals surface area contributed by atoms with Crippen molar-refractivity contribution < 1.29 is 18.8 Å². The van der Waals surface area contributed by atoms with E-state index in [2.05, 4.69) is 15.1 Å². The zero-order chi connectivity index (χ0) is 22.4. The molecule has 0 amide bonds. The Bertz CT molecular complexity index is 1050. The van der Waals surface area contributed by atoms with E-state index in [4.69, 9.17) is 25.6 Å². The van der Waals surface area contributed by atoms with Crippen LogP contribution in [0.5, 0.6) is 5.75 Å². The van der Waals surface area contributed by atoms with Crippen molar-refractivity contribution in [2.24, 2.45) is 0 Å². The lowest BCUT2D eigenvalue weighted by atomic mass is 10.0. The minimum atomic E-state index is -0.192. The number of rotatable bonds is 9. The second-order valence-corrected chi connectivity index (χ2v) is 7.73. The van der Waals surface area contributed by atoms with Gasteiger partial charge in [0.1, 0.15) is 5.75 Å². The first-order valence-electron chi connectivity index (χ1n) is 10.3. The Morgan fingerprint density at radius 1 is 1.26 bits per heavy atom. The van der Waals surface area contributed by atoms with Crippen LogP contribution in [-0.4, -0.2) is 33.8 Å². The topological polar surface area (TPSA) is 87.3 Å². The van der Waals surface area contributed by atoms with Crippen LogP contribution in [0.3, 0.4) is 0 Å². The summed E-state index contributed by atoms with van der Waals surface area (Å²) >= 11 is 6.33. The average Bonchev–Trinajstić information content (AvgIpc) is 3.21. The third-order valence-corrected chi connectivity index (χ3v) is 4.91. The molecule has 0 fully saturated rings. The van der Waals surface area contributed by atoms with Crippen LogP contribution < -0.4 is 4.74 Å². The summed E-state index contributed by atoms with van der Waals surface area (Å²) in [4.78, 5) is 20.5. The summed E-state index contributed by atoms with van der Waals surface area (Å²) in [5, 5.41) is 4.62. The van der Waals surface area contributed by atoms with Crippen LogP contribution in [0.15, 0.2) is 35.0 Å². The van der Waals surface area contributed by atoms with Crippen molar-refractivity contribution in [3.63, 3.8) is 0 Å². The number of carbonyl (C=O) groups excluding carboxylic acids is 1. The minimum Gasteiger partial charge on any atom is -0.489 e. The number of benzene rings is 1. The van der Waals surface area contributed by atoms with Gasteiger partial charge in [-0.05, 0) is 70.4 Å². The van der Waals surface area contributed by atoms with Crippen molar-refractivity contribution in [2.45, 2.75) is 53.1 Å².